The fourth-order valence-electron chi connectivity index (χ4n) is 0.721. The van der Waals surface area contributed by atoms with Gasteiger partial charge in [0.2, 0.25) is 0 Å². The van der Waals surface area contributed by atoms with Gasteiger partial charge in [-0.1, -0.05) is 0 Å². The Morgan fingerprint density at radius 1 is 1.55 bits per heavy atom. The van der Waals surface area contributed by atoms with Gasteiger partial charge in [-0.3, -0.25) is 0 Å². The minimum atomic E-state index is -0.386. The molecule has 0 aliphatic heterocycles. The highest BCUT2D eigenvalue weighted by atomic mass is 79.9. The number of hydrogen-bond acceptors (Lipinski definition) is 2. The molecule has 1 rings (SSSR count). The van der Waals surface area contributed by atoms with Crippen molar-refractivity contribution in [2.45, 2.75) is 0 Å². The average molecular weight is 220 g/mol. The van der Waals surface area contributed by atoms with E-state index in [1.54, 1.807) is 0 Å². The molecule has 2 nitrogen and oxygen atoms in total. The van der Waals surface area contributed by atoms with E-state index < -0.39 is 0 Å². The Labute approximate surface area is 72.3 Å². The quantitative estimate of drug-likeness (QED) is 0.736. The molecule has 0 aliphatic carbocycles. The summed E-state index contributed by atoms with van der Waals surface area (Å²) in [5, 5.41) is 0. The van der Waals surface area contributed by atoms with Crippen LogP contribution in [-0.4, -0.2) is 7.11 Å². The first-order valence-electron chi connectivity index (χ1n) is 2.93. The van der Waals surface area contributed by atoms with Crippen molar-refractivity contribution in [3.05, 3.63) is 22.4 Å². The molecule has 2 N–H and O–H groups in total. The molecule has 0 amide bonds. The zero-order valence-corrected chi connectivity index (χ0v) is 7.48. The third kappa shape index (κ3) is 1.63. The second-order valence-electron chi connectivity index (χ2n) is 2.01. The molecular formula is C7H7BrFNO. The van der Waals surface area contributed by atoms with Crippen LogP contribution in [0.1, 0.15) is 0 Å². The maximum Gasteiger partial charge on any atom is 0.143 e. The predicted octanol–water partition coefficient (Wildman–Crippen LogP) is 2.18. The molecule has 0 aliphatic rings. The molecule has 60 valence electrons. The molecule has 0 spiro atoms. The van der Waals surface area contributed by atoms with Crippen LogP contribution in [0.25, 0.3) is 0 Å². The number of methoxy groups -OCH3 is 1. The number of hydrogen-bond donors (Lipinski definition) is 1. The van der Waals surface area contributed by atoms with Crippen LogP contribution in [-0.2, 0) is 0 Å². The lowest BCUT2D eigenvalue weighted by molar-refractivity contribution is 0.415. The molecule has 0 bridgehead atoms. The van der Waals surface area contributed by atoms with Crippen LogP contribution < -0.4 is 10.5 Å². The molecule has 0 aromatic heterocycles. The van der Waals surface area contributed by atoms with Gasteiger partial charge in [-0.2, -0.15) is 0 Å². The van der Waals surface area contributed by atoms with E-state index in [9.17, 15) is 4.39 Å². The Bertz CT molecular complexity index is 277. The normalized spacial score (nSPS) is 9.73. The Kier molecular flexibility index (Phi) is 2.34. The summed E-state index contributed by atoms with van der Waals surface area (Å²) in [5.74, 6) is 0.0848. The number of nitrogens with two attached hydrogens (primary N) is 1. The van der Waals surface area contributed by atoms with E-state index in [4.69, 9.17) is 10.5 Å². The molecular weight excluding hydrogens is 213 g/mol. The van der Waals surface area contributed by atoms with Crippen molar-refractivity contribution in [1.82, 2.24) is 0 Å². The van der Waals surface area contributed by atoms with Crippen LogP contribution in [0.15, 0.2) is 16.6 Å². The van der Waals surface area contributed by atoms with Crippen LogP contribution in [0.2, 0.25) is 0 Å². The van der Waals surface area contributed by atoms with Gasteiger partial charge in [0, 0.05) is 6.07 Å². The van der Waals surface area contributed by atoms with Gasteiger partial charge in [-0.05, 0) is 22.0 Å². The Hall–Kier alpha value is -0.770. The number of halogens is 2. The molecule has 0 saturated heterocycles. The Balaban J connectivity index is 3.21. The maximum absolute atomic E-state index is 12.7. The summed E-state index contributed by atoms with van der Waals surface area (Å²) in [6, 6.07) is 2.70. The van der Waals surface area contributed by atoms with Crippen LogP contribution in [0.3, 0.4) is 0 Å². The molecule has 0 fully saturated rings. The minimum Gasteiger partial charge on any atom is -0.495 e. The molecule has 4 heteroatoms. The fraction of sp³-hybridized carbons (Fsp3) is 0.143. The van der Waals surface area contributed by atoms with Crippen molar-refractivity contribution in [2.24, 2.45) is 0 Å². The highest BCUT2D eigenvalue weighted by Crippen LogP contribution is 2.27. The largest absolute Gasteiger partial charge is 0.495 e. The van der Waals surface area contributed by atoms with Gasteiger partial charge in [-0.25, -0.2) is 4.39 Å². The van der Waals surface area contributed by atoms with Gasteiger partial charge < -0.3 is 10.5 Å². The molecule has 1 aromatic rings. The summed E-state index contributed by atoms with van der Waals surface area (Å²) in [7, 11) is 1.48. The lowest BCUT2D eigenvalue weighted by Crippen LogP contribution is -1.93. The van der Waals surface area contributed by atoms with E-state index >= 15 is 0 Å². The van der Waals surface area contributed by atoms with Crippen LogP contribution in [0, 0.1) is 5.82 Å². The summed E-state index contributed by atoms with van der Waals surface area (Å²) >= 11 is 3.01. The van der Waals surface area contributed by atoms with Crippen LogP contribution in [0.5, 0.6) is 5.75 Å². The summed E-state index contributed by atoms with van der Waals surface area (Å²) in [6.45, 7) is 0. The average Bonchev–Trinajstić information content (AvgIpc) is 1.97. The lowest BCUT2D eigenvalue weighted by Gasteiger charge is -2.04. The smallest absolute Gasteiger partial charge is 0.143 e. The molecule has 0 saturated carbocycles. The van der Waals surface area contributed by atoms with Gasteiger partial charge in [0.05, 0.1) is 17.3 Å². The zero-order chi connectivity index (χ0) is 8.43. The summed E-state index contributed by atoms with van der Waals surface area (Å²) < 4.78 is 17.9. The lowest BCUT2D eigenvalue weighted by atomic mass is 10.3. The molecule has 0 unspecified atom stereocenters. The number of benzene rings is 1. The first kappa shape index (κ1) is 8.33. The van der Waals surface area contributed by atoms with E-state index in [0.29, 0.717) is 15.9 Å². The van der Waals surface area contributed by atoms with Gasteiger partial charge in [0.1, 0.15) is 11.6 Å². The first-order chi connectivity index (χ1) is 5.15. The maximum atomic E-state index is 12.7. The second-order valence-corrected chi connectivity index (χ2v) is 2.86. The summed E-state index contributed by atoms with van der Waals surface area (Å²) in [5.41, 5.74) is 5.71. The van der Waals surface area contributed by atoms with E-state index in [1.807, 2.05) is 0 Å². The van der Waals surface area contributed by atoms with Crippen LogP contribution in [0.4, 0.5) is 10.1 Å². The number of nitrogen functional groups attached to an aromatic ring is 1. The fourth-order valence-corrected chi connectivity index (χ4v) is 1.04. The predicted molar refractivity (Wildman–Crippen MR) is 45.1 cm³/mol. The zero-order valence-electron chi connectivity index (χ0n) is 5.90. The molecule has 0 heterocycles. The van der Waals surface area contributed by atoms with Crippen molar-refractivity contribution in [3.8, 4) is 5.75 Å². The van der Waals surface area contributed by atoms with Crippen molar-refractivity contribution in [1.29, 1.82) is 0 Å². The van der Waals surface area contributed by atoms with Gasteiger partial charge in [0.25, 0.3) is 0 Å². The van der Waals surface area contributed by atoms with E-state index in [0.717, 1.165) is 0 Å². The van der Waals surface area contributed by atoms with Crippen molar-refractivity contribution < 1.29 is 9.13 Å². The molecule has 0 radical (unpaired) electrons. The number of ether oxygens (including phenoxy) is 1. The van der Waals surface area contributed by atoms with Gasteiger partial charge in [0.15, 0.2) is 0 Å². The third-order valence-electron chi connectivity index (χ3n) is 1.27. The minimum absolute atomic E-state index is 0.299. The monoisotopic (exact) mass is 219 g/mol. The SMILES string of the molecule is COc1cc(Br)c(F)cc1N. The van der Waals surface area contributed by atoms with E-state index in [2.05, 4.69) is 15.9 Å². The molecule has 1 aromatic carbocycles. The first-order valence-corrected chi connectivity index (χ1v) is 3.73. The molecule has 11 heavy (non-hydrogen) atoms. The van der Waals surface area contributed by atoms with Crippen molar-refractivity contribution in [2.75, 3.05) is 12.8 Å². The highest BCUT2D eigenvalue weighted by Gasteiger charge is 2.04. The van der Waals surface area contributed by atoms with Crippen molar-refractivity contribution in [3.63, 3.8) is 0 Å². The second kappa shape index (κ2) is 3.09. The van der Waals surface area contributed by atoms with Crippen molar-refractivity contribution >= 4 is 21.6 Å². The molecule has 0 atom stereocenters. The van der Waals surface area contributed by atoms with Crippen LogP contribution >= 0.6 is 15.9 Å². The summed E-state index contributed by atoms with van der Waals surface area (Å²) in [4.78, 5) is 0. The number of anilines is 1. The highest BCUT2D eigenvalue weighted by molar-refractivity contribution is 9.10. The Morgan fingerprint density at radius 3 is 2.73 bits per heavy atom. The topological polar surface area (TPSA) is 35.2 Å². The number of rotatable bonds is 1. The standard InChI is InChI=1S/C7H7BrFNO/c1-11-7-2-4(8)5(9)3-6(7)10/h2-3H,10H2,1H3. The Morgan fingerprint density at radius 2 is 2.18 bits per heavy atom. The van der Waals surface area contributed by atoms with Gasteiger partial charge >= 0.3 is 0 Å². The van der Waals surface area contributed by atoms with E-state index in [1.165, 1.54) is 19.2 Å². The van der Waals surface area contributed by atoms with Gasteiger partial charge in [-0.15, -0.1) is 0 Å². The summed E-state index contributed by atoms with van der Waals surface area (Å²) in [6.07, 6.45) is 0. The van der Waals surface area contributed by atoms with E-state index in [-0.39, 0.29) is 5.82 Å². The third-order valence-corrected chi connectivity index (χ3v) is 1.88.